The van der Waals surface area contributed by atoms with Gasteiger partial charge < -0.3 is 25.5 Å². The lowest BCUT2D eigenvalue weighted by Gasteiger charge is -2.31. The Morgan fingerprint density at radius 3 is 2.67 bits per heavy atom. The van der Waals surface area contributed by atoms with Crippen LogP contribution in [0.15, 0.2) is 42.6 Å². The summed E-state index contributed by atoms with van der Waals surface area (Å²) in [7, 11) is -1.70. The third kappa shape index (κ3) is 7.70. The smallest absolute Gasteiger partial charge is 0.221 e. The van der Waals surface area contributed by atoms with Gasteiger partial charge in [-0.25, -0.2) is 12.7 Å². The quantitative estimate of drug-likeness (QED) is 0.240. The second-order valence-electron chi connectivity index (χ2n) is 10.4. The van der Waals surface area contributed by atoms with Gasteiger partial charge in [0.15, 0.2) is 0 Å². The Labute approximate surface area is 237 Å². The summed E-state index contributed by atoms with van der Waals surface area (Å²) in [6.45, 7) is 6.33. The number of benzene rings is 2. The molecule has 218 valence electrons. The van der Waals surface area contributed by atoms with Crippen molar-refractivity contribution in [3.63, 3.8) is 0 Å². The number of sulfonamides is 1. The number of hydrogen-bond donors (Lipinski definition) is 3. The molecular weight excluding hydrogens is 528 g/mol. The standard InChI is InChI=1S/C30H42N4O5S/c1-3-39-14-10-32-20-22-6-4-7-24(16-22)25-17-26(19-29(31)35)30-27(18-25)28(21-33-30)23-8-11-34(12-9-23)40(36,37)15-5-13-38-2/h4,6-7,16-18,21,23,32-33H,3,5,8-15,19-20H2,1-2H3,(H2,31,35). The highest BCUT2D eigenvalue weighted by Crippen LogP contribution is 2.37. The number of nitrogens with zero attached hydrogens (tertiary/aromatic N) is 1. The number of nitrogens with one attached hydrogen (secondary N) is 2. The van der Waals surface area contributed by atoms with Crippen LogP contribution in [0.5, 0.6) is 0 Å². The summed E-state index contributed by atoms with van der Waals surface area (Å²) in [4.78, 5) is 15.4. The molecule has 0 aliphatic carbocycles. The molecular formula is C30H42N4O5S. The maximum Gasteiger partial charge on any atom is 0.221 e. The van der Waals surface area contributed by atoms with Gasteiger partial charge in [0.2, 0.25) is 15.9 Å². The predicted octanol–water partition coefficient (Wildman–Crippen LogP) is 3.53. The Balaban J connectivity index is 1.56. The zero-order valence-electron chi connectivity index (χ0n) is 23.6. The van der Waals surface area contributed by atoms with Gasteiger partial charge in [0.25, 0.3) is 0 Å². The van der Waals surface area contributed by atoms with E-state index in [1.54, 1.807) is 11.4 Å². The van der Waals surface area contributed by atoms with E-state index < -0.39 is 10.0 Å². The van der Waals surface area contributed by atoms with Crippen molar-refractivity contribution < 1.29 is 22.7 Å². The van der Waals surface area contributed by atoms with Gasteiger partial charge >= 0.3 is 0 Å². The SMILES string of the molecule is CCOCCNCc1cccc(-c2cc(CC(N)=O)c3[nH]cc(C4CCN(S(=O)(=O)CCCOC)CC4)c3c2)c1. The number of carbonyl (C=O) groups excluding carboxylic acids is 1. The van der Waals surface area contributed by atoms with Crippen LogP contribution in [-0.4, -0.2) is 75.9 Å². The van der Waals surface area contributed by atoms with Crippen molar-refractivity contribution in [3.8, 4) is 11.1 Å². The maximum absolute atomic E-state index is 12.8. The summed E-state index contributed by atoms with van der Waals surface area (Å²) in [5.41, 5.74) is 11.8. The first kappa shape index (κ1) is 30.2. The zero-order valence-corrected chi connectivity index (χ0v) is 24.4. The van der Waals surface area contributed by atoms with Crippen molar-refractivity contribution >= 4 is 26.8 Å². The Kier molecular flexibility index (Phi) is 10.7. The summed E-state index contributed by atoms with van der Waals surface area (Å²) < 4.78 is 37.6. The summed E-state index contributed by atoms with van der Waals surface area (Å²) in [5.74, 6) is -0.0509. The first-order valence-electron chi connectivity index (χ1n) is 14.1. The van der Waals surface area contributed by atoms with Crippen molar-refractivity contribution in [1.29, 1.82) is 0 Å². The molecule has 40 heavy (non-hydrogen) atoms. The lowest BCUT2D eigenvalue weighted by molar-refractivity contribution is -0.117. The minimum Gasteiger partial charge on any atom is -0.385 e. The highest BCUT2D eigenvalue weighted by molar-refractivity contribution is 7.89. The second-order valence-corrected chi connectivity index (χ2v) is 12.4. The number of aromatic amines is 1. The molecule has 1 aliphatic rings. The van der Waals surface area contributed by atoms with Gasteiger partial charge in [0.1, 0.15) is 0 Å². The molecule has 1 aromatic heterocycles. The number of rotatable bonds is 15. The average molecular weight is 571 g/mol. The zero-order chi connectivity index (χ0) is 28.5. The third-order valence-electron chi connectivity index (χ3n) is 7.52. The van der Waals surface area contributed by atoms with Crippen LogP contribution in [-0.2, 0) is 37.3 Å². The molecule has 3 aromatic rings. The summed E-state index contributed by atoms with van der Waals surface area (Å²) in [6, 6.07) is 12.6. The van der Waals surface area contributed by atoms with Gasteiger partial charge in [-0.1, -0.05) is 18.2 Å². The Morgan fingerprint density at radius 2 is 1.95 bits per heavy atom. The summed E-state index contributed by atoms with van der Waals surface area (Å²) >= 11 is 0. The van der Waals surface area contributed by atoms with Gasteiger partial charge in [-0.05, 0) is 78.1 Å². The average Bonchev–Trinajstić information content (AvgIpc) is 3.37. The molecule has 1 amide bonds. The van der Waals surface area contributed by atoms with E-state index >= 15 is 0 Å². The van der Waals surface area contributed by atoms with Crippen molar-refractivity contribution in [3.05, 3.63) is 59.3 Å². The molecule has 2 aromatic carbocycles. The first-order chi connectivity index (χ1) is 19.3. The van der Waals surface area contributed by atoms with E-state index in [-0.39, 0.29) is 24.0 Å². The van der Waals surface area contributed by atoms with E-state index in [1.165, 1.54) is 5.56 Å². The van der Waals surface area contributed by atoms with Gasteiger partial charge in [0.05, 0.1) is 18.8 Å². The van der Waals surface area contributed by atoms with E-state index in [0.29, 0.717) is 39.3 Å². The number of fused-ring (bicyclic) bond motifs is 1. The molecule has 0 bridgehead atoms. The highest BCUT2D eigenvalue weighted by atomic mass is 32.2. The fourth-order valence-electron chi connectivity index (χ4n) is 5.50. The number of hydrogen-bond acceptors (Lipinski definition) is 6. The van der Waals surface area contributed by atoms with E-state index in [0.717, 1.165) is 59.1 Å². The fourth-order valence-corrected chi connectivity index (χ4v) is 7.01. The Hall–Kier alpha value is -2.76. The summed E-state index contributed by atoms with van der Waals surface area (Å²) in [6.07, 6.45) is 4.15. The molecule has 0 atom stereocenters. The predicted molar refractivity (Wildman–Crippen MR) is 159 cm³/mol. The number of methoxy groups -OCH3 is 1. The van der Waals surface area contributed by atoms with Gasteiger partial charge in [-0.15, -0.1) is 0 Å². The summed E-state index contributed by atoms with van der Waals surface area (Å²) in [5, 5.41) is 4.48. The first-order valence-corrected chi connectivity index (χ1v) is 15.7. The molecule has 0 radical (unpaired) electrons. The molecule has 1 aliphatic heterocycles. The van der Waals surface area contributed by atoms with Gasteiger partial charge in [-0.2, -0.15) is 0 Å². The molecule has 0 unspecified atom stereocenters. The van der Waals surface area contributed by atoms with Crippen molar-refractivity contribution in [2.75, 3.05) is 52.3 Å². The minimum atomic E-state index is -3.29. The fraction of sp³-hybridized carbons (Fsp3) is 0.500. The molecule has 4 N–H and O–H groups in total. The van der Waals surface area contributed by atoms with Crippen molar-refractivity contribution in [2.45, 2.75) is 45.1 Å². The number of H-pyrrole nitrogens is 1. The van der Waals surface area contributed by atoms with Gasteiger partial charge in [0, 0.05) is 63.6 Å². The van der Waals surface area contributed by atoms with E-state index in [1.807, 2.05) is 25.3 Å². The number of primary amides is 1. The van der Waals surface area contributed by atoms with E-state index in [9.17, 15) is 13.2 Å². The highest BCUT2D eigenvalue weighted by Gasteiger charge is 2.29. The molecule has 1 fully saturated rings. The van der Waals surface area contributed by atoms with Crippen LogP contribution in [0, 0.1) is 0 Å². The van der Waals surface area contributed by atoms with Crippen LogP contribution >= 0.6 is 0 Å². The van der Waals surface area contributed by atoms with Crippen molar-refractivity contribution in [2.24, 2.45) is 5.73 Å². The van der Waals surface area contributed by atoms with Crippen LogP contribution in [0.25, 0.3) is 22.0 Å². The number of carbonyl (C=O) groups is 1. The normalized spacial score (nSPS) is 15.2. The third-order valence-corrected chi connectivity index (χ3v) is 9.48. The van der Waals surface area contributed by atoms with Crippen LogP contribution in [0.4, 0.5) is 0 Å². The molecule has 4 rings (SSSR count). The number of piperidine rings is 1. The molecule has 0 spiro atoms. The maximum atomic E-state index is 12.8. The van der Waals surface area contributed by atoms with Gasteiger partial charge in [-0.3, -0.25) is 4.79 Å². The van der Waals surface area contributed by atoms with Crippen LogP contribution in [0.2, 0.25) is 0 Å². The molecule has 9 nitrogen and oxygen atoms in total. The van der Waals surface area contributed by atoms with E-state index in [4.69, 9.17) is 15.2 Å². The lowest BCUT2D eigenvalue weighted by Crippen LogP contribution is -2.39. The molecule has 2 heterocycles. The van der Waals surface area contributed by atoms with Crippen LogP contribution in [0.3, 0.4) is 0 Å². The van der Waals surface area contributed by atoms with E-state index in [2.05, 4.69) is 34.6 Å². The topological polar surface area (TPSA) is 127 Å². The Morgan fingerprint density at radius 1 is 1.15 bits per heavy atom. The number of ether oxygens (including phenoxy) is 2. The van der Waals surface area contributed by atoms with Crippen LogP contribution in [0.1, 0.15) is 48.8 Å². The van der Waals surface area contributed by atoms with Crippen molar-refractivity contribution in [1.82, 2.24) is 14.6 Å². The minimum absolute atomic E-state index is 0.111. The number of amides is 1. The molecule has 10 heteroatoms. The largest absolute Gasteiger partial charge is 0.385 e. The van der Waals surface area contributed by atoms with Crippen LogP contribution < -0.4 is 11.1 Å². The molecule has 1 saturated heterocycles. The Bertz CT molecular complexity index is 1380. The number of aromatic nitrogens is 1. The lowest BCUT2D eigenvalue weighted by atomic mass is 9.88. The number of nitrogens with two attached hydrogens (primary N) is 1. The monoisotopic (exact) mass is 570 g/mol. The molecule has 0 saturated carbocycles. The second kappa shape index (κ2) is 14.2.